The van der Waals surface area contributed by atoms with E-state index in [0.717, 1.165) is 37.5 Å². The van der Waals surface area contributed by atoms with E-state index in [1.807, 2.05) is 19.1 Å². The molecule has 2 aromatic rings. The lowest BCUT2D eigenvalue weighted by Crippen LogP contribution is -2.44. The lowest BCUT2D eigenvalue weighted by Gasteiger charge is -2.49. The average molecular weight is 447 g/mol. The van der Waals surface area contributed by atoms with Gasteiger partial charge < -0.3 is 15.5 Å². The van der Waals surface area contributed by atoms with Gasteiger partial charge in [0.15, 0.2) is 5.78 Å². The maximum Gasteiger partial charge on any atom is 0.168 e. The van der Waals surface area contributed by atoms with Crippen LogP contribution in [0.25, 0.3) is 0 Å². The second-order valence-corrected chi connectivity index (χ2v) is 10.5. The van der Waals surface area contributed by atoms with Crippen molar-refractivity contribution < 1.29 is 15.0 Å². The Labute approximate surface area is 196 Å². The van der Waals surface area contributed by atoms with E-state index in [2.05, 4.69) is 41.5 Å². The number of aryl methyl sites for hydroxylation is 2. The summed E-state index contributed by atoms with van der Waals surface area (Å²) in [5.41, 5.74) is 4.11. The zero-order valence-corrected chi connectivity index (χ0v) is 19.5. The number of fused-ring (bicyclic) bond motifs is 5. The van der Waals surface area contributed by atoms with Crippen molar-refractivity contribution in [2.75, 3.05) is 5.32 Å². The van der Waals surface area contributed by atoms with Gasteiger partial charge >= 0.3 is 0 Å². The third-order valence-electron chi connectivity index (χ3n) is 8.62. The molecule has 5 heteroatoms. The van der Waals surface area contributed by atoms with Crippen LogP contribution >= 0.6 is 0 Å². The third-order valence-corrected chi connectivity index (χ3v) is 8.62. The number of carbonyl (C=O) groups is 1. The number of hydrogen-bond acceptors (Lipinski definition) is 5. The molecule has 33 heavy (non-hydrogen) atoms. The van der Waals surface area contributed by atoms with Gasteiger partial charge in [-0.05, 0) is 97.9 Å². The Morgan fingerprint density at radius 3 is 2.88 bits per heavy atom. The Morgan fingerprint density at radius 2 is 2.09 bits per heavy atom. The fraction of sp³-hybridized carbons (Fsp3) is 0.500. The Balaban J connectivity index is 1.38. The number of rotatable bonds is 5. The van der Waals surface area contributed by atoms with Crippen molar-refractivity contribution in [3.05, 3.63) is 71.1 Å². The van der Waals surface area contributed by atoms with Gasteiger partial charge in [0.2, 0.25) is 0 Å². The van der Waals surface area contributed by atoms with E-state index in [4.69, 9.17) is 0 Å². The van der Waals surface area contributed by atoms with Crippen LogP contribution < -0.4 is 5.32 Å². The smallest absolute Gasteiger partial charge is 0.168 e. The van der Waals surface area contributed by atoms with E-state index in [1.165, 1.54) is 11.1 Å². The molecule has 1 aromatic heterocycles. The van der Waals surface area contributed by atoms with Crippen molar-refractivity contribution >= 4 is 11.6 Å². The molecular formula is C28H34N2O3. The molecule has 5 rings (SSSR count). The number of allylic oxidation sites excluding steroid dienone is 1. The SMILES string of the molecule is Cc1ccnc(NC(O)CC[C@@H]2/C(=C/O)C(=O)[C@@]3(C)CCC4c5ccccc5CCC4C23)c1. The Bertz CT molecular complexity index is 1080. The van der Waals surface area contributed by atoms with Gasteiger partial charge in [0.05, 0.1) is 6.26 Å². The highest BCUT2D eigenvalue weighted by Crippen LogP contribution is 2.63. The van der Waals surface area contributed by atoms with Gasteiger partial charge in [0.1, 0.15) is 12.0 Å². The summed E-state index contributed by atoms with van der Waals surface area (Å²) in [5.74, 6) is 1.82. The summed E-state index contributed by atoms with van der Waals surface area (Å²) >= 11 is 0. The highest BCUT2D eigenvalue weighted by molar-refractivity contribution is 6.03. The van der Waals surface area contributed by atoms with Crippen LogP contribution in [0, 0.1) is 30.1 Å². The summed E-state index contributed by atoms with van der Waals surface area (Å²) in [7, 11) is 0. The fourth-order valence-electron chi connectivity index (χ4n) is 7.16. The molecule has 6 atom stereocenters. The monoisotopic (exact) mass is 446 g/mol. The number of benzene rings is 1. The number of ketones is 1. The molecule has 0 spiro atoms. The van der Waals surface area contributed by atoms with Gasteiger partial charge in [-0.2, -0.15) is 0 Å². The standard InChI is InChI=1S/C28H34N2O3/c1-17-12-14-29-24(15-17)30-25(32)10-9-22-23(16-31)27(33)28(2)13-11-20-19-6-4-3-5-18(19)7-8-21(20)26(22)28/h3-6,12,14-16,20-22,25-26,31-32H,7-11,13H2,1-2H3,(H,29,30)/b23-16-/t20?,21?,22-,25?,26?,28+/m1/s1. The van der Waals surface area contributed by atoms with Crippen molar-refractivity contribution in [3.63, 3.8) is 0 Å². The van der Waals surface area contributed by atoms with Gasteiger partial charge in [0, 0.05) is 17.2 Å². The number of aliphatic hydroxyl groups excluding tert-OH is 2. The highest BCUT2D eigenvalue weighted by atomic mass is 16.3. The summed E-state index contributed by atoms with van der Waals surface area (Å²) in [6, 6.07) is 12.6. The van der Waals surface area contributed by atoms with Gasteiger partial charge in [-0.25, -0.2) is 4.98 Å². The molecule has 1 heterocycles. The Hall–Kier alpha value is -2.66. The second-order valence-electron chi connectivity index (χ2n) is 10.5. The van der Waals surface area contributed by atoms with Crippen LogP contribution in [0.15, 0.2) is 54.4 Å². The molecule has 0 saturated heterocycles. The van der Waals surface area contributed by atoms with E-state index >= 15 is 0 Å². The molecular weight excluding hydrogens is 412 g/mol. The van der Waals surface area contributed by atoms with E-state index in [1.54, 1.807) is 6.20 Å². The molecule has 0 radical (unpaired) electrons. The number of aromatic nitrogens is 1. The van der Waals surface area contributed by atoms with Crippen LogP contribution in [0.3, 0.4) is 0 Å². The molecule has 3 aliphatic rings. The molecule has 5 nitrogen and oxygen atoms in total. The Kier molecular flexibility index (Phi) is 5.77. The number of anilines is 1. The first-order valence-electron chi connectivity index (χ1n) is 12.3. The van der Waals surface area contributed by atoms with Crippen LogP contribution in [0.2, 0.25) is 0 Å². The summed E-state index contributed by atoms with van der Waals surface area (Å²) in [6.45, 7) is 4.11. The predicted molar refractivity (Wildman–Crippen MR) is 129 cm³/mol. The number of Topliss-reactive ketones (excluding diaryl/α,β-unsaturated/α-hetero) is 1. The minimum atomic E-state index is -0.757. The van der Waals surface area contributed by atoms with Crippen molar-refractivity contribution in [1.82, 2.24) is 4.98 Å². The molecule has 4 unspecified atom stereocenters. The predicted octanol–water partition coefficient (Wildman–Crippen LogP) is 5.30. The lowest BCUT2D eigenvalue weighted by atomic mass is 9.54. The Morgan fingerprint density at radius 1 is 1.27 bits per heavy atom. The zero-order valence-electron chi connectivity index (χ0n) is 19.5. The summed E-state index contributed by atoms with van der Waals surface area (Å²) < 4.78 is 0. The van der Waals surface area contributed by atoms with Crippen LogP contribution in [0.5, 0.6) is 0 Å². The molecule has 2 fully saturated rings. The van der Waals surface area contributed by atoms with Gasteiger partial charge in [-0.1, -0.05) is 31.2 Å². The zero-order chi connectivity index (χ0) is 23.2. The molecule has 3 aliphatic carbocycles. The maximum atomic E-state index is 13.5. The number of nitrogens with zero attached hydrogens (tertiary/aromatic N) is 1. The number of pyridine rings is 1. The van der Waals surface area contributed by atoms with Crippen LogP contribution in [-0.2, 0) is 11.2 Å². The third kappa shape index (κ3) is 3.76. The van der Waals surface area contributed by atoms with Crippen molar-refractivity contribution in [3.8, 4) is 0 Å². The second kappa shape index (κ2) is 8.60. The minimum Gasteiger partial charge on any atom is -0.515 e. The maximum absolute atomic E-state index is 13.5. The summed E-state index contributed by atoms with van der Waals surface area (Å²) in [4.78, 5) is 17.8. The van der Waals surface area contributed by atoms with Gasteiger partial charge in [-0.3, -0.25) is 4.79 Å². The number of carbonyl (C=O) groups excluding carboxylic acids is 1. The van der Waals surface area contributed by atoms with Crippen molar-refractivity contribution in [2.24, 2.45) is 23.2 Å². The average Bonchev–Trinajstić information content (AvgIpc) is 3.03. The van der Waals surface area contributed by atoms with Crippen LogP contribution in [0.1, 0.15) is 61.6 Å². The van der Waals surface area contributed by atoms with Crippen molar-refractivity contribution in [2.45, 2.75) is 64.5 Å². The molecule has 0 amide bonds. The molecule has 2 saturated carbocycles. The van der Waals surface area contributed by atoms with Gasteiger partial charge in [0.25, 0.3) is 0 Å². The quantitative estimate of drug-likeness (QED) is 0.330. The minimum absolute atomic E-state index is 0.0347. The topological polar surface area (TPSA) is 82.5 Å². The molecule has 3 N–H and O–H groups in total. The largest absolute Gasteiger partial charge is 0.515 e. The first-order valence-corrected chi connectivity index (χ1v) is 12.3. The summed E-state index contributed by atoms with van der Waals surface area (Å²) in [6.07, 6.45) is 7.18. The van der Waals surface area contributed by atoms with Crippen LogP contribution in [0.4, 0.5) is 5.82 Å². The van der Waals surface area contributed by atoms with Crippen molar-refractivity contribution in [1.29, 1.82) is 0 Å². The first kappa shape index (κ1) is 22.1. The molecule has 0 aliphatic heterocycles. The number of nitrogens with one attached hydrogen (secondary N) is 1. The van der Waals surface area contributed by atoms with E-state index < -0.39 is 11.6 Å². The fourth-order valence-corrected chi connectivity index (χ4v) is 7.16. The first-order chi connectivity index (χ1) is 15.9. The van der Waals surface area contributed by atoms with E-state index in [-0.39, 0.29) is 17.6 Å². The lowest BCUT2D eigenvalue weighted by molar-refractivity contribution is -0.127. The number of hydrogen-bond donors (Lipinski definition) is 3. The molecule has 174 valence electrons. The van der Waals surface area contributed by atoms with Gasteiger partial charge in [-0.15, -0.1) is 0 Å². The highest BCUT2D eigenvalue weighted by Gasteiger charge is 2.60. The summed E-state index contributed by atoms with van der Waals surface area (Å²) in [5, 5.41) is 23.8. The van der Waals surface area contributed by atoms with E-state index in [9.17, 15) is 15.0 Å². The molecule has 0 bridgehead atoms. The normalized spacial score (nSPS) is 32.7. The van der Waals surface area contributed by atoms with Crippen LogP contribution in [-0.4, -0.2) is 27.2 Å². The molecule has 1 aromatic carbocycles. The van der Waals surface area contributed by atoms with E-state index in [0.29, 0.717) is 36.1 Å². The number of aliphatic hydroxyl groups is 2.